The lowest BCUT2D eigenvalue weighted by molar-refractivity contribution is -0.137. The summed E-state index contributed by atoms with van der Waals surface area (Å²) in [6, 6.07) is 43.4. The van der Waals surface area contributed by atoms with Crippen LogP contribution in [0.5, 0.6) is 0 Å². The average molecular weight is 968 g/mol. The molecule has 13 nitrogen and oxygen atoms in total. The van der Waals surface area contributed by atoms with E-state index in [4.69, 9.17) is 10.3 Å². The summed E-state index contributed by atoms with van der Waals surface area (Å²) in [5.74, 6) is -4.29. The fourth-order valence-corrected chi connectivity index (χ4v) is 7.66. The Labute approximate surface area is 412 Å². The van der Waals surface area contributed by atoms with Crippen LogP contribution in [0.25, 0.3) is 22.3 Å². The molecule has 6 aromatic carbocycles. The van der Waals surface area contributed by atoms with Gasteiger partial charge in [-0.15, -0.1) is 0 Å². The molecule has 0 radical (unpaired) electrons. The van der Waals surface area contributed by atoms with Gasteiger partial charge in [0.25, 0.3) is 11.8 Å². The molecule has 0 fully saturated rings. The molecule has 0 spiro atoms. The van der Waals surface area contributed by atoms with Crippen LogP contribution in [0.15, 0.2) is 158 Å². The number of hydroxylamine groups is 1. The summed E-state index contributed by atoms with van der Waals surface area (Å²) in [4.78, 5) is 74.7. The van der Waals surface area contributed by atoms with Gasteiger partial charge in [-0.3, -0.25) is 34.0 Å². The minimum absolute atomic E-state index is 0.0152. The molecule has 0 aromatic heterocycles. The molecule has 0 heterocycles. The minimum atomic E-state index is -1.06. The van der Waals surface area contributed by atoms with E-state index in [9.17, 15) is 37.5 Å². The number of nitrogens with one attached hydrogen (secondary N) is 5. The predicted octanol–water partition coefficient (Wildman–Crippen LogP) is 8.61. The average Bonchev–Trinajstić information content (AvgIpc) is 3.35. The number of halogens is 2. The number of hydrogen-bond donors (Lipinski definition) is 7. The number of carboxylic acids is 1. The molecule has 0 bridgehead atoms. The number of carbonyl (C=O) groups excluding carboxylic acids is 5. The number of rotatable bonds is 20. The van der Waals surface area contributed by atoms with Crippen molar-refractivity contribution >= 4 is 35.5 Å². The Bertz CT molecular complexity index is 2720. The Morgan fingerprint density at radius 2 is 0.817 bits per heavy atom. The summed E-state index contributed by atoms with van der Waals surface area (Å²) in [7, 11) is 0. The molecule has 0 saturated carbocycles. The molecule has 15 heteroatoms. The Balaban J connectivity index is 0.000000264. The van der Waals surface area contributed by atoms with Crippen molar-refractivity contribution in [3.63, 3.8) is 0 Å². The lowest BCUT2D eigenvalue weighted by Gasteiger charge is -2.29. The molecular formula is C56H59F2N5O8. The second-order valence-electron chi connectivity index (χ2n) is 18.3. The molecule has 370 valence electrons. The van der Waals surface area contributed by atoms with Crippen molar-refractivity contribution in [2.45, 2.75) is 89.4 Å². The minimum Gasteiger partial charge on any atom is -0.481 e. The van der Waals surface area contributed by atoms with Crippen molar-refractivity contribution in [2.24, 2.45) is 0 Å². The van der Waals surface area contributed by atoms with E-state index >= 15 is 0 Å². The fourth-order valence-electron chi connectivity index (χ4n) is 7.66. The molecule has 7 N–H and O–H groups in total. The lowest BCUT2D eigenvalue weighted by Crippen LogP contribution is -2.54. The highest BCUT2D eigenvalue weighted by Crippen LogP contribution is 2.22. The maximum atomic E-state index is 13.2. The zero-order chi connectivity index (χ0) is 51.6. The van der Waals surface area contributed by atoms with E-state index in [1.807, 2.05) is 113 Å². The van der Waals surface area contributed by atoms with Crippen molar-refractivity contribution in [1.82, 2.24) is 26.7 Å². The van der Waals surface area contributed by atoms with Crippen LogP contribution in [0, 0.1) is 11.6 Å². The summed E-state index contributed by atoms with van der Waals surface area (Å²) in [5, 5.41) is 29.1. The smallest absolute Gasteiger partial charge is 0.303 e. The van der Waals surface area contributed by atoms with Gasteiger partial charge in [0.2, 0.25) is 17.7 Å². The molecule has 0 saturated heterocycles. The highest BCUT2D eigenvalue weighted by atomic mass is 19.1. The van der Waals surface area contributed by atoms with Crippen molar-refractivity contribution in [1.29, 1.82) is 0 Å². The quantitative estimate of drug-likeness (QED) is 0.0291. The standard InChI is InChI=1S/C28H30FN3O4.C28H29FN2O4/c1-28(2,18-19-8-14-23(29)15-9-19)31-27(35)24(16-17-25(33)32-36)30-26(34)22-12-10-21(11-13-22)20-6-4-3-5-7-20;1-28(2,18-19-8-14-23(29)15-9-19)31-27(35)24(16-17-25(32)33)30-26(34)22-12-10-21(11-13-22)20-6-4-3-5-7-20/h3-15,24,36H,16-18H2,1-2H3,(H,30,34)(H,31,35)(H,32,33);3-15,24H,16-18H2,1-2H3,(H,30,34)(H,31,35)(H,32,33)/t2*24-/m00/s1. The SMILES string of the molecule is CC(C)(Cc1ccc(F)cc1)NC(=O)[C@H](CCC(=O)NO)NC(=O)c1ccc(-c2ccccc2)cc1.CC(C)(Cc1ccc(F)cc1)NC(=O)[C@H](CCC(=O)O)NC(=O)c1ccc(-c2ccccc2)cc1. The van der Waals surface area contributed by atoms with Crippen LogP contribution in [-0.2, 0) is 32.0 Å². The van der Waals surface area contributed by atoms with Gasteiger partial charge >= 0.3 is 5.97 Å². The predicted molar refractivity (Wildman–Crippen MR) is 267 cm³/mol. The van der Waals surface area contributed by atoms with Crippen molar-refractivity contribution in [3.05, 3.63) is 192 Å². The number of amides is 5. The summed E-state index contributed by atoms with van der Waals surface area (Å²) >= 11 is 0. The van der Waals surface area contributed by atoms with E-state index in [1.54, 1.807) is 48.5 Å². The summed E-state index contributed by atoms with van der Waals surface area (Å²) in [5.41, 5.74) is 6.44. The highest BCUT2D eigenvalue weighted by molar-refractivity contribution is 5.99. The van der Waals surface area contributed by atoms with Crippen molar-refractivity contribution < 1.29 is 47.9 Å². The van der Waals surface area contributed by atoms with Crippen LogP contribution in [0.4, 0.5) is 8.78 Å². The second kappa shape index (κ2) is 25.5. The zero-order valence-electron chi connectivity index (χ0n) is 40.0. The van der Waals surface area contributed by atoms with Gasteiger partial charge in [-0.2, -0.15) is 0 Å². The van der Waals surface area contributed by atoms with Gasteiger partial charge < -0.3 is 26.4 Å². The van der Waals surface area contributed by atoms with E-state index in [1.165, 1.54) is 29.7 Å². The van der Waals surface area contributed by atoms with Crippen LogP contribution in [0.1, 0.15) is 85.2 Å². The van der Waals surface area contributed by atoms with Crippen LogP contribution >= 0.6 is 0 Å². The molecule has 0 aliphatic rings. The van der Waals surface area contributed by atoms with Gasteiger partial charge in [-0.1, -0.05) is 109 Å². The molecule has 5 amide bonds. The van der Waals surface area contributed by atoms with Gasteiger partial charge in [0.05, 0.1) is 0 Å². The maximum absolute atomic E-state index is 13.2. The number of carboxylic acid groups (broad SMARTS) is 1. The van der Waals surface area contributed by atoms with Crippen LogP contribution in [-0.4, -0.2) is 69.0 Å². The molecular weight excluding hydrogens is 909 g/mol. The van der Waals surface area contributed by atoms with E-state index in [-0.39, 0.29) is 37.3 Å². The molecule has 0 aliphatic carbocycles. The van der Waals surface area contributed by atoms with Gasteiger partial charge in [-0.05, 0) is 135 Å². The molecule has 2 atom stereocenters. The summed E-state index contributed by atoms with van der Waals surface area (Å²) in [6.07, 6.45) is 0.349. The second-order valence-corrected chi connectivity index (χ2v) is 18.3. The molecule has 71 heavy (non-hydrogen) atoms. The molecule has 0 aliphatic heterocycles. The zero-order valence-corrected chi connectivity index (χ0v) is 40.0. The number of carbonyl (C=O) groups is 6. The maximum Gasteiger partial charge on any atom is 0.303 e. The number of aliphatic carboxylic acids is 1. The lowest BCUT2D eigenvalue weighted by atomic mass is 9.94. The fraction of sp³-hybridized carbons (Fsp3) is 0.250. The first-order chi connectivity index (χ1) is 33.8. The molecule has 0 unspecified atom stereocenters. The van der Waals surface area contributed by atoms with Crippen molar-refractivity contribution in [3.8, 4) is 22.3 Å². The summed E-state index contributed by atoms with van der Waals surface area (Å²) < 4.78 is 26.4. The van der Waals surface area contributed by atoms with Gasteiger partial charge in [0.15, 0.2) is 0 Å². The molecule has 6 aromatic rings. The van der Waals surface area contributed by atoms with Gasteiger partial charge in [0, 0.05) is 35.0 Å². The first-order valence-corrected chi connectivity index (χ1v) is 23.0. The summed E-state index contributed by atoms with van der Waals surface area (Å²) in [6.45, 7) is 7.25. The van der Waals surface area contributed by atoms with E-state index in [2.05, 4.69) is 21.3 Å². The van der Waals surface area contributed by atoms with E-state index in [0.717, 1.165) is 33.4 Å². The topological polar surface area (TPSA) is 203 Å². The third-order valence-electron chi connectivity index (χ3n) is 11.2. The monoisotopic (exact) mass is 967 g/mol. The first-order valence-electron chi connectivity index (χ1n) is 23.0. The van der Waals surface area contributed by atoms with E-state index < -0.39 is 58.7 Å². The van der Waals surface area contributed by atoms with Gasteiger partial charge in [0.1, 0.15) is 23.7 Å². The third kappa shape index (κ3) is 17.8. The Morgan fingerprint density at radius 3 is 1.15 bits per heavy atom. The third-order valence-corrected chi connectivity index (χ3v) is 11.2. The Hall–Kier alpha value is -8.04. The Morgan fingerprint density at radius 1 is 0.479 bits per heavy atom. The van der Waals surface area contributed by atoms with E-state index in [0.29, 0.717) is 24.0 Å². The normalized spacial score (nSPS) is 11.9. The van der Waals surface area contributed by atoms with Crippen LogP contribution < -0.4 is 26.7 Å². The largest absolute Gasteiger partial charge is 0.481 e. The molecule has 6 rings (SSSR count). The highest BCUT2D eigenvalue weighted by Gasteiger charge is 2.30. The van der Waals surface area contributed by atoms with Crippen LogP contribution in [0.2, 0.25) is 0 Å². The number of hydrogen-bond acceptors (Lipinski definition) is 7. The van der Waals surface area contributed by atoms with Gasteiger partial charge in [-0.25, -0.2) is 14.3 Å². The van der Waals surface area contributed by atoms with Crippen molar-refractivity contribution in [2.75, 3.05) is 0 Å². The number of benzene rings is 6. The Kier molecular flexibility index (Phi) is 19.4. The van der Waals surface area contributed by atoms with Crippen LogP contribution in [0.3, 0.4) is 0 Å². The first kappa shape index (κ1) is 53.9.